The van der Waals surface area contributed by atoms with Crippen LogP contribution in [0.5, 0.6) is 17.2 Å². The van der Waals surface area contributed by atoms with E-state index in [-0.39, 0.29) is 24.0 Å². The summed E-state index contributed by atoms with van der Waals surface area (Å²) in [5, 5.41) is 6.60. The average molecular weight is 511 g/mol. The van der Waals surface area contributed by atoms with E-state index in [9.17, 15) is 0 Å². The Balaban J connectivity index is 0.00000300. The summed E-state index contributed by atoms with van der Waals surface area (Å²) in [5.41, 5.74) is 1.95. The number of methoxy groups -OCH3 is 2. The van der Waals surface area contributed by atoms with Crippen molar-refractivity contribution >= 4 is 35.6 Å². The molecule has 7 heteroatoms. The van der Waals surface area contributed by atoms with Gasteiger partial charge in [-0.1, -0.05) is 18.2 Å². The van der Waals surface area contributed by atoms with E-state index in [1.807, 2.05) is 43.3 Å². The molecule has 0 bridgehead atoms. The van der Waals surface area contributed by atoms with Crippen molar-refractivity contribution < 1.29 is 14.2 Å². The first kappa shape index (κ1) is 23.1. The summed E-state index contributed by atoms with van der Waals surface area (Å²) in [6.07, 6.45) is 3.88. The molecular weight excluding hydrogens is 481 g/mol. The number of aliphatic imine (C=N–C) groups is 1. The Bertz CT molecular complexity index is 810. The highest BCUT2D eigenvalue weighted by Gasteiger charge is 2.20. The molecule has 0 saturated heterocycles. The van der Waals surface area contributed by atoms with Crippen LogP contribution in [0.2, 0.25) is 0 Å². The van der Waals surface area contributed by atoms with Crippen LogP contribution in [0.4, 0.5) is 5.69 Å². The number of para-hydroxylation sites is 1. The molecule has 1 aliphatic carbocycles. The first-order valence-electron chi connectivity index (χ1n) is 9.75. The minimum absolute atomic E-state index is 0. The van der Waals surface area contributed by atoms with E-state index in [0.717, 1.165) is 36.4 Å². The maximum Gasteiger partial charge on any atom is 0.196 e. The molecule has 1 saturated carbocycles. The van der Waals surface area contributed by atoms with E-state index >= 15 is 0 Å². The van der Waals surface area contributed by atoms with Gasteiger partial charge in [0.25, 0.3) is 0 Å². The van der Waals surface area contributed by atoms with E-state index in [1.165, 1.54) is 6.42 Å². The third-order valence-electron chi connectivity index (χ3n) is 4.72. The molecule has 29 heavy (non-hydrogen) atoms. The fourth-order valence-electron chi connectivity index (χ4n) is 2.94. The molecule has 0 aliphatic heterocycles. The minimum Gasteiger partial charge on any atom is -0.493 e. The molecule has 2 aromatic rings. The summed E-state index contributed by atoms with van der Waals surface area (Å²) in [6.45, 7) is 3.34. The first-order chi connectivity index (χ1) is 13.7. The molecule has 3 rings (SSSR count). The Morgan fingerprint density at radius 3 is 2.45 bits per heavy atom. The van der Waals surface area contributed by atoms with Crippen molar-refractivity contribution in [2.45, 2.75) is 38.8 Å². The van der Waals surface area contributed by atoms with Crippen LogP contribution in [0.3, 0.4) is 0 Å². The number of guanidine groups is 1. The van der Waals surface area contributed by atoms with Crippen molar-refractivity contribution in [3.63, 3.8) is 0 Å². The zero-order valence-electron chi connectivity index (χ0n) is 17.2. The molecule has 158 valence electrons. The number of benzene rings is 2. The van der Waals surface area contributed by atoms with Crippen molar-refractivity contribution in [1.82, 2.24) is 5.32 Å². The zero-order valence-corrected chi connectivity index (χ0v) is 19.6. The van der Waals surface area contributed by atoms with Crippen molar-refractivity contribution in [3.8, 4) is 17.2 Å². The van der Waals surface area contributed by atoms with Gasteiger partial charge in [0, 0.05) is 23.9 Å². The number of halogens is 1. The van der Waals surface area contributed by atoms with Crippen molar-refractivity contribution in [2.75, 3.05) is 26.1 Å². The summed E-state index contributed by atoms with van der Waals surface area (Å²) in [7, 11) is 3.25. The third-order valence-corrected chi connectivity index (χ3v) is 4.72. The first-order valence-corrected chi connectivity index (χ1v) is 9.75. The fourth-order valence-corrected chi connectivity index (χ4v) is 2.94. The van der Waals surface area contributed by atoms with Gasteiger partial charge in [0.1, 0.15) is 5.75 Å². The second-order valence-corrected chi connectivity index (χ2v) is 6.67. The van der Waals surface area contributed by atoms with E-state index in [2.05, 4.69) is 16.7 Å². The summed E-state index contributed by atoms with van der Waals surface area (Å²) in [4.78, 5) is 4.73. The van der Waals surface area contributed by atoms with Crippen molar-refractivity contribution in [2.24, 2.45) is 4.99 Å². The number of nitrogens with one attached hydrogen (secondary N) is 2. The molecule has 0 spiro atoms. The molecule has 0 amide bonds. The molecular formula is C22H30IN3O3. The Hall–Kier alpha value is -2.16. The van der Waals surface area contributed by atoms with Gasteiger partial charge in [-0.25, -0.2) is 4.99 Å². The van der Waals surface area contributed by atoms with Crippen LogP contribution in [0.1, 0.15) is 31.7 Å². The molecule has 2 N–H and O–H groups in total. The van der Waals surface area contributed by atoms with Crippen molar-refractivity contribution in [3.05, 3.63) is 48.0 Å². The molecule has 1 fully saturated rings. The lowest BCUT2D eigenvalue weighted by Gasteiger charge is -2.27. The Morgan fingerprint density at radius 2 is 1.79 bits per heavy atom. The number of rotatable bonds is 8. The second kappa shape index (κ2) is 11.7. The number of nitrogens with zero attached hydrogens (tertiary/aromatic N) is 1. The Labute approximate surface area is 190 Å². The van der Waals surface area contributed by atoms with Gasteiger partial charge in [0.15, 0.2) is 17.5 Å². The smallest absolute Gasteiger partial charge is 0.196 e. The lowest BCUT2D eigenvalue weighted by molar-refractivity contribution is 0.119. The second-order valence-electron chi connectivity index (χ2n) is 6.67. The highest BCUT2D eigenvalue weighted by molar-refractivity contribution is 14.0. The molecule has 6 nitrogen and oxygen atoms in total. The zero-order chi connectivity index (χ0) is 19.8. The molecule has 0 unspecified atom stereocenters. The van der Waals surface area contributed by atoms with Gasteiger partial charge >= 0.3 is 0 Å². The Kier molecular flexibility index (Phi) is 9.37. The van der Waals surface area contributed by atoms with Crippen LogP contribution in [0.25, 0.3) is 0 Å². The van der Waals surface area contributed by atoms with Crippen LogP contribution < -0.4 is 24.8 Å². The van der Waals surface area contributed by atoms with E-state index in [1.54, 1.807) is 14.2 Å². The normalized spacial score (nSPS) is 13.7. The lowest BCUT2D eigenvalue weighted by Crippen LogP contribution is -2.30. The topological polar surface area (TPSA) is 64.1 Å². The highest BCUT2D eigenvalue weighted by atomic mass is 127. The van der Waals surface area contributed by atoms with E-state index in [0.29, 0.717) is 30.1 Å². The average Bonchev–Trinajstić information content (AvgIpc) is 2.69. The van der Waals surface area contributed by atoms with E-state index < -0.39 is 0 Å². The van der Waals surface area contributed by atoms with Crippen LogP contribution in [-0.2, 0) is 6.54 Å². The number of hydrogen-bond donors (Lipinski definition) is 2. The number of hydrogen-bond acceptors (Lipinski definition) is 4. The summed E-state index contributed by atoms with van der Waals surface area (Å²) >= 11 is 0. The van der Waals surface area contributed by atoms with Gasteiger partial charge in [0.2, 0.25) is 0 Å². The van der Waals surface area contributed by atoms with Crippen LogP contribution in [0, 0.1) is 0 Å². The van der Waals surface area contributed by atoms with Gasteiger partial charge in [-0.05, 0) is 44.4 Å². The van der Waals surface area contributed by atoms with Gasteiger partial charge in [-0.2, -0.15) is 0 Å². The molecule has 2 aromatic carbocycles. The summed E-state index contributed by atoms with van der Waals surface area (Å²) in [5.74, 6) is 2.99. The predicted octanol–water partition coefficient (Wildman–Crippen LogP) is 4.83. The van der Waals surface area contributed by atoms with Crippen LogP contribution >= 0.6 is 24.0 Å². The standard InChI is InChI=1S/C22H29N3O3.HI/c1-4-23-22(25-17-12-13-20(26-2)21(14-17)27-3)24-15-16-8-5-6-11-19(16)28-18-9-7-10-18;/h5-6,8,11-14,18H,4,7,9-10,15H2,1-3H3,(H2,23,24,25);1H. The predicted molar refractivity (Wildman–Crippen MR) is 128 cm³/mol. The quantitative estimate of drug-likeness (QED) is 0.302. The molecule has 0 radical (unpaired) electrons. The summed E-state index contributed by atoms with van der Waals surface area (Å²) in [6, 6.07) is 13.8. The minimum atomic E-state index is 0. The van der Waals surface area contributed by atoms with E-state index in [4.69, 9.17) is 19.2 Å². The molecule has 1 aliphatic rings. The largest absolute Gasteiger partial charge is 0.493 e. The lowest BCUT2D eigenvalue weighted by atomic mass is 9.96. The third kappa shape index (κ3) is 6.42. The SMILES string of the molecule is CCNC(=NCc1ccccc1OC1CCC1)Nc1ccc(OC)c(OC)c1.I. The number of ether oxygens (including phenoxy) is 3. The monoisotopic (exact) mass is 511 g/mol. The van der Waals surface area contributed by atoms with Gasteiger partial charge < -0.3 is 24.8 Å². The van der Waals surface area contributed by atoms with Gasteiger partial charge in [-0.15, -0.1) is 24.0 Å². The Morgan fingerprint density at radius 1 is 1.03 bits per heavy atom. The van der Waals surface area contributed by atoms with Gasteiger partial charge in [-0.3, -0.25) is 0 Å². The van der Waals surface area contributed by atoms with Crippen LogP contribution in [0.15, 0.2) is 47.5 Å². The van der Waals surface area contributed by atoms with Gasteiger partial charge in [0.05, 0.1) is 26.9 Å². The fraction of sp³-hybridized carbons (Fsp3) is 0.409. The maximum absolute atomic E-state index is 6.11. The molecule has 0 atom stereocenters. The summed E-state index contributed by atoms with van der Waals surface area (Å²) < 4.78 is 16.8. The molecule has 0 aromatic heterocycles. The van der Waals surface area contributed by atoms with Crippen molar-refractivity contribution in [1.29, 1.82) is 0 Å². The van der Waals surface area contributed by atoms with Crippen LogP contribution in [-0.4, -0.2) is 32.8 Å². The number of anilines is 1. The molecule has 0 heterocycles. The highest BCUT2D eigenvalue weighted by Crippen LogP contribution is 2.30. The maximum atomic E-state index is 6.11.